The van der Waals surface area contributed by atoms with E-state index in [1.165, 1.54) is 12.8 Å². The van der Waals surface area contributed by atoms with Crippen LogP contribution in [0.3, 0.4) is 0 Å². The lowest BCUT2D eigenvalue weighted by Gasteiger charge is -2.23. The monoisotopic (exact) mass is 127 g/mol. The Labute approximate surface area is 57.0 Å². The molecule has 1 fully saturated rings. The summed E-state index contributed by atoms with van der Waals surface area (Å²) in [5, 5.41) is 6.72. The maximum Gasteiger partial charge on any atom is 0.0574 e. The molecule has 1 heterocycles. The Morgan fingerprint density at radius 2 is 2.67 bits per heavy atom. The van der Waals surface area contributed by atoms with E-state index < -0.39 is 0 Å². The molecule has 0 aromatic heterocycles. The molecule has 0 aromatic carbocycles. The van der Waals surface area contributed by atoms with Crippen LogP contribution < -0.4 is 10.6 Å². The van der Waals surface area contributed by atoms with Gasteiger partial charge in [0.2, 0.25) is 0 Å². The smallest absolute Gasteiger partial charge is 0.0574 e. The van der Waals surface area contributed by atoms with Gasteiger partial charge in [-0.1, -0.05) is 6.92 Å². The second-order valence-electron chi connectivity index (χ2n) is 2.38. The number of hydrogen-bond donors (Lipinski definition) is 2. The zero-order chi connectivity index (χ0) is 6.53. The molecule has 9 heavy (non-hydrogen) atoms. The third kappa shape index (κ3) is 2.33. The highest BCUT2D eigenvalue weighted by atomic mass is 15.1. The second kappa shape index (κ2) is 3.85. The molecule has 1 aliphatic heterocycles. The highest BCUT2D eigenvalue weighted by Gasteiger charge is 2.09. The predicted octanol–water partition coefficient (Wildman–Crippen LogP) is 0.510. The third-order valence-corrected chi connectivity index (χ3v) is 1.59. The second-order valence-corrected chi connectivity index (χ2v) is 2.38. The van der Waals surface area contributed by atoms with E-state index in [4.69, 9.17) is 0 Å². The van der Waals surface area contributed by atoms with Gasteiger partial charge in [0.1, 0.15) is 0 Å². The molecule has 1 saturated heterocycles. The summed E-state index contributed by atoms with van der Waals surface area (Å²) in [6.07, 6.45) is 5.28. The summed E-state index contributed by atoms with van der Waals surface area (Å²) in [5.41, 5.74) is 0. The normalized spacial score (nSPS) is 28.3. The third-order valence-electron chi connectivity index (χ3n) is 1.59. The van der Waals surface area contributed by atoms with E-state index in [1.807, 2.05) is 0 Å². The van der Waals surface area contributed by atoms with E-state index in [-0.39, 0.29) is 0 Å². The molecule has 1 atom stereocenters. The molecular weight excluding hydrogens is 112 g/mol. The molecule has 0 saturated carbocycles. The SMILES string of the molecule is CCNC1C[CH]CCN1. The van der Waals surface area contributed by atoms with Gasteiger partial charge in [-0.05, 0) is 32.4 Å². The van der Waals surface area contributed by atoms with Crippen LogP contribution in [-0.2, 0) is 0 Å². The summed E-state index contributed by atoms with van der Waals surface area (Å²) >= 11 is 0. The van der Waals surface area contributed by atoms with Crippen LogP contribution in [0.1, 0.15) is 19.8 Å². The van der Waals surface area contributed by atoms with Crippen molar-refractivity contribution in [2.24, 2.45) is 0 Å². The van der Waals surface area contributed by atoms with Crippen molar-refractivity contribution in [2.45, 2.75) is 25.9 Å². The fourth-order valence-electron chi connectivity index (χ4n) is 1.13. The first-order valence-corrected chi connectivity index (χ1v) is 3.72. The first kappa shape index (κ1) is 7.03. The number of hydrogen-bond acceptors (Lipinski definition) is 2. The highest BCUT2D eigenvalue weighted by Crippen LogP contribution is 2.01. The fourth-order valence-corrected chi connectivity index (χ4v) is 1.13. The van der Waals surface area contributed by atoms with E-state index in [2.05, 4.69) is 24.0 Å². The molecule has 2 N–H and O–H groups in total. The molecule has 53 valence electrons. The summed E-state index contributed by atoms with van der Waals surface area (Å²) in [7, 11) is 0. The molecule has 2 nitrogen and oxygen atoms in total. The number of rotatable bonds is 2. The minimum absolute atomic E-state index is 0.545. The Kier molecular flexibility index (Phi) is 3.01. The molecule has 0 aliphatic carbocycles. The van der Waals surface area contributed by atoms with Crippen LogP contribution in [0.2, 0.25) is 0 Å². The Balaban J connectivity index is 2.08. The van der Waals surface area contributed by atoms with Gasteiger partial charge in [0, 0.05) is 0 Å². The first-order chi connectivity index (χ1) is 4.43. The Morgan fingerprint density at radius 1 is 1.78 bits per heavy atom. The molecule has 1 unspecified atom stereocenters. The summed E-state index contributed by atoms with van der Waals surface area (Å²) in [6, 6.07) is 0. The van der Waals surface area contributed by atoms with Crippen LogP contribution in [0.4, 0.5) is 0 Å². The molecular formula is C7H15N2. The summed E-state index contributed by atoms with van der Waals surface area (Å²) in [5.74, 6) is 0. The van der Waals surface area contributed by atoms with E-state index in [9.17, 15) is 0 Å². The van der Waals surface area contributed by atoms with Crippen molar-refractivity contribution in [3.63, 3.8) is 0 Å². The summed E-state index contributed by atoms with van der Waals surface area (Å²) in [6.45, 7) is 4.33. The standard InChI is InChI=1S/C7H15N2/c1-2-8-7-5-3-4-6-9-7/h3,7-9H,2,4-6H2,1H3. The van der Waals surface area contributed by atoms with Crippen LogP contribution >= 0.6 is 0 Å². The first-order valence-electron chi connectivity index (χ1n) is 3.72. The van der Waals surface area contributed by atoms with Crippen molar-refractivity contribution in [3.8, 4) is 0 Å². The van der Waals surface area contributed by atoms with E-state index in [0.717, 1.165) is 13.1 Å². The van der Waals surface area contributed by atoms with Gasteiger partial charge < -0.3 is 10.6 Å². The van der Waals surface area contributed by atoms with Crippen molar-refractivity contribution >= 4 is 0 Å². The van der Waals surface area contributed by atoms with Crippen molar-refractivity contribution in [1.29, 1.82) is 0 Å². The van der Waals surface area contributed by atoms with Crippen molar-refractivity contribution in [3.05, 3.63) is 6.42 Å². The largest absolute Gasteiger partial charge is 0.302 e. The van der Waals surface area contributed by atoms with Gasteiger partial charge in [-0.3, -0.25) is 0 Å². The maximum atomic E-state index is 3.38. The van der Waals surface area contributed by atoms with Gasteiger partial charge in [-0.25, -0.2) is 0 Å². The van der Waals surface area contributed by atoms with Crippen LogP contribution in [0, 0.1) is 6.42 Å². The molecule has 0 spiro atoms. The lowest BCUT2D eigenvalue weighted by Crippen LogP contribution is -2.45. The van der Waals surface area contributed by atoms with Gasteiger partial charge in [0.25, 0.3) is 0 Å². The number of nitrogens with one attached hydrogen (secondary N) is 2. The molecule has 1 aliphatic rings. The molecule has 1 radical (unpaired) electrons. The summed E-state index contributed by atoms with van der Waals surface area (Å²) in [4.78, 5) is 0. The van der Waals surface area contributed by atoms with E-state index in [0.29, 0.717) is 6.17 Å². The van der Waals surface area contributed by atoms with Crippen LogP contribution in [0.15, 0.2) is 0 Å². The van der Waals surface area contributed by atoms with Crippen LogP contribution in [-0.4, -0.2) is 19.3 Å². The quantitative estimate of drug-likeness (QED) is 0.565. The van der Waals surface area contributed by atoms with E-state index >= 15 is 0 Å². The molecule has 1 rings (SSSR count). The van der Waals surface area contributed by atoms with Gasteiger partial charge >= 0.3 is 0 Å². The number of piperidine rings is 1. The van der Waals surface area contributed by atoms with Gasteiger partial charge in [-0.15, -0.1) is 0 Å². The molecule has 0 amide bonds. The van der Waals surface area contributed by atoms with Crippen molar-refractivity contribution in [2.75, 3.05) is 13.1 Å². The Bertz CT molecular complexity index is 64.6. The summed E-state index contributed by atoms with van der Waals surface area (Å²) < 4.78 is 0. The minimum atomic E-state index is 0.545. The average Bonchev–Trinajstić information content (AvgIpc) is 1.91. The van der Waals surface area contributed by atoms with Crippen molar-refractivity contribution in [1.82, 2.24) is 10.6 Å². The van der Waals surface area contributed by atoms with Gasteiger partial charge in [0.15, 0.2) is 0 Å². The predicted molar refractivity (Wildman–Crippen MR) is 39.0 cm³/mol. The Morgan fingerprint density at radius 3 is 3.22 bits per heavy atom. The molecule has 2 heteroatoms. The highest BCUT2D eigenvalue weighted by molar-refractivity contribution is 4.80. The van der Waals surface area contributed by atoms with Crippen LogP contribution in [0.25, 0.3) is 0 Å². The average molecular weight is 127 g/mol. The Hall–Kier alpha value is -0.0800. The minimum Gasteiger partial charge on any atom is -0.302 e. The maximum absolute atomic E-state index is 3.38. The zero-order valence-electron chi connectivity index (χ0n) is 5.98. The molecule has 0 aromatic rings. The van der Waals surface area contributed by atoms with Gasteiger partial charge in [-0.2, -0.15) is 0 Å². The topological polar surface area (TPSA) is 24.1 Å². The van der Waals surface area contributed by atoms with Crippen LogP contribution in [0.5, 0.6) is 0 Å². The zero-order valence-corrected chi connectivity index (χ0v) is 5.98. The lowest BCUT2D eigenvalue weighted by molar-refractivity contribution is 0.394. The van der Waals surface area contributed by atoms with E-state index in [1.54, 1.807) is 0 Å². The van der Waals surface area contributed by atoms with Crippen molar-refractivity contribution < 1.29 is 0 Å². The fraction of sp³-hybridized carbons (Fsp3) is 0.857. The molecule has 0 bridgehead atoms. The van der Waals surface area contributed by atoms with Gasteiger partial charge in [0.05, 0.1) is 6.17 Å². The lowest BCUT2D eigenvalue weighted by atomic mass is 10.1.